The fourth-order valence-corrected chi connectivity index (χ4v) is 2.63. The third-order valence-corrected chi connectivity index (χ3v) is 3.74. The number of aromatic nitrogens is 2. The van der Waals surface area contributed by atoms with Crippen molar-refractivity contribution in [2.24, 2.45) is 0 Å². The highest BCUT2D eigenvalue weighted by Gasteiger charge is 2.26. The van der Waals surface area contributed by atoms with E-state index in [1.165, 1.54) is 15.7 Å². The number of likely N-dealkylation sites (N-methyl/N-ethyl adjacent to an activating group) is 1. The molecule has 1 aromatic heterocycles. The van der Waals surface area contributed by atoms with E-state index in [4.69, 9.17) is 0 Å². The van der Waals surface area contributed by atoms with E-state index in [-0.39, 0.29) is 11.5 Å². The second-order valence-corrected chi connectivity index (χ2v) is 5.50. The summed E-state index contributed by atoms with van der Waals surface area (Å²) in [7, 11) is 3.37. The van der Waals surface area contributed by atoms with Gasteiger partial charge in [0.05, 0.1) is 17.2 Å². The number of carbonyl (C=O) groups excluding carboxylic acids is 1. The minimum absolute atomic E-state index is 0.158. The average molecular weight is 307 g/mol. The number of hydrogen-bond acceptors (Lipinski definition) is 3. The summed E-state index contributed by atoms with van der Waals surface area (Å²) in [6, 6.07) is 15.9. The Labute approximate surface area is 133 Å². The summed E-state index contributed by atoms with van der Waals surface area (Å²) in [5.74, 6) is -0.158. The molecular weight excluding hydrogens is 290 g/mol. The van der Waals surface area contributed by atoms with E-state index < -0.39 is 6.04 Å². The van der Waals surface area contributed by atoms with Crippen LogP contribution in [0.25, 0.3) is 11.0 Å². The molecule has 3 rings (SSSR count). The fraction of sp³-hybridized carbons (Fsp3) is 0.167. The second kappa shape index (κ2) is 6.04. The molecule has 0 aliphatic heterocycles. The topological polar surface area (TPSA) is 55.2 Å². The molecule has 0 radical (unpaired) electrons. The van der Waals surface area contributed by atoms with Gasteiger partial charge in [-0.15, -0.1) is 0 Å². The predicted octanol–water partition coefficient (Wildman–Crippen LogP) is 2.07. The van der Waals surface area contributed by atoms with Crippen LogP contribution in [0.5, 0.6) is 0 Å². The smallest absolute Gasteiger partial charge is 0.270 e. The van der Waals surface area contributed by atoms with Crippen molar-refractivity contribution in [2.75, 3.05) is 14.1 Å². The van der Waals surface area contributed by atoms with Gasteiger partial charge in [-0.25, -0.2) is 4.98 Å². The Hall–Kier alpha value is -2.95. The number of carbonyl (C=O) groups is 1. The van der Waals surface area contributed by atoms with Crippen molar-refractivity contribution >= 4 is 16.9 Å². The lowest BCUT2D eigenvalue weighted by Gasteiger charge is -2.24. The molecule has 0 saturated heterocycles. The first kappa shape index (κ1) is 15.0. The molecule has 116 valence electrons. The van der Waals surface area contributed by atoms with Crippen molar-refractivity contribution in [3.8, 4) is 0 Å². The minimum Gasteiger partial charge on any atom is -0.347 e. The Bertz CT molecular complexity index is 901. The number of hydrogen-bond donors (Lipinski definition) is 0. The van der Waals surface area contributed by atoms with Gasteiger partial charge in [0.1, 0.15) is 6.04 Å². The number of amides is 1. The molecule has 23 heavy (non-hydrogen) atoms. The van der Waals surface area contributed by atoms with Gasteiger partial charge in [-0.2, -0.15) is 0 Å². The molecular formula is C18H17N3O2. The molecule has 2 aromatic carbocycles. The predicted molar refractivity (Wildman–Crippen MR) is 89.3 cm³/mol. The first-order valence-electron chi connectivity index (χ1n) is 7.32. The van der Waals surface area contributed by atoms with Crippen molar-refractivity contribution in [3.63, 3.8) is 0 Å². The maximum Gasteiger partial charge on any atom is 0.270 e. The monoisotopic (exact) mass is 307 g/mol. The second-order valence-electron chi connectivity index (χ2n) is 5.50. The zero-order valence-corrected chi connectivity index (χ0v) is 13.0. The van der Waals surface area contributed by atoms with Gasteiger partial charge in [-0.3, -0.25) is 14.2 Å². The Balaban J connectivity index is 2.32. The lowest BCUT2D eigenvalue weighted by molar-refractivity contribution is -0.131. The highest BCUT2D eigenvalue weighted by atomic mass is 16.2. The van der Waals surface area contributed by atoms with Crippen molar-refractivity contribution in [1.29, 1.82) is 0 Å². The average Bonchev–Trinajstić information content (AvgIpc) is 2.58. The van der Waals surface area contributed by atoms with Crippen LogP contribution in [0, 0.1) is 0 Å². The number of benzene rings is 2. The van der Waals surface area contributed by atoms with Gasteiger partial charge in [0.15, 0.2) is 0 Å². The largest absolute Gasteiger partial charge is 0.347 e. The standard InChI is InChI=1S/C18H17N3O2/c1-20(2)18(23)17(13-8-4-3-5-9-13)21-15-11-7-6-10-14(15)19-12-16(21)22/h3-12,17H,1-2H3. The van der Waals surface area contributed by atoms with Gasteiger partial charge in [-0.1, -0.05) is 42.5 Å². The fourth-order valence-electron chi connectivity index (χ4n) is 2.63. The highest BCUT2D eigenvalue weighted by Crippen LogP contribution is 2.22. The molecule has 1 amide bonds. The lowest BCUT2D eigenvalue weighted by atomic mass is 10.0. The van der Waals surface area contributed by atoms with Crippen LogP contribution in [-0.4, -0.2) is 34.5 Å². The van der Waals surface area contributed by atoms with Crippen LogP contribution in [0.1, 0.15) is 11.6 Å². The van der Waals surface area contributed by atoms with Gasteiger partial charge < -0.3 is 4.90 Å². The van der Waals surface area contributed by atoms with Gasteiger partial charge >= 0.3 is 0 Å². The zero-order chi connectivity index (χ0) is 16.4. The molecule has 0 aliphatic carbocycles. The van der Waals surface area contributed by atoms with Gasteiger partial charge in [0, 0.05) is 14.1 Å². The molecule has 1 heterocycles. The van der Waals surface area contributed by atoms with Crippen LogP contribution in [0.15, 0.2) is 65.6 Å². The number of fused-ring (bicyclic) bond motifs is 1. The van der Waals surface area contributed by atoms with Gasteiger partial charge in [0.25, 0.3) is 5.56 Å². The highest BCUT2D eigenvalue weighted by molar-refractivity contribution is 5.86. The zero-order valence-electron chi connectivity index (χ0n) is 13.0. The maximum atomic E-state index is 12.8. The molecule has 3 aromatic rings. The Morgan fingerprint density at radius 2 is 1.70 bits per heavy atom. The van der Waals surface area contributed by atoms with Crippen LogP contribution in [-0.2, 0) is 4.79 Å². The summed E-state index contributed by atoms with van der Waals surface area (Å²) in [6.45, 7) is 0. The quantitative estimate of drug-likeness (QED) is 0.744. The van der Waals surface area contributed by atoms with Gasteiger partial charge in [0.2, 0.25) is 5.91 Å². The van der Waals surface area contributed by atoms with E-state index in [9.17, 15) is 9.59 Å². The van der Waals surface area contributed by atoms with Crippen LogP contribution in [0.3, 0.4) is 0 Å². The first-order chi connectivity index (χ1) is 11.1. The Morgan fingerprint density at radius 1 is 1.04 bits per heavy atom. The van der Waals surface area contributed by atoms with Crippen LogP contribution in [0.4, 0.5) is 0 Å². The van der Waals surface area contributed by atoms with Gasteiger partial charge in [-0.05, 0) is 17.7 Å². The molecule has 1 atom stereocenters. The number of para-hydroxylation sites is 2. The van der Waals surface area contributed by atoms with E-state index in [1.807, 2.05) is 54.6 Å². The lowest BCUT2D eigenvalue weighted by Crippen LogP contribution is -2.37. The number of nitrogens with zero attached hydrogens (tertiary/aromatic N) is 3. The molecule has 0 N–H and O–H groups in total. The van der Waals surface area contributed by atoms with E-state index >= 15 is 0 Å². The summed E-state index contributed by atoms with van der Waals surface area (Å²) in [5, 5.41) is 0. The number of rotatable bonds is 3. The molecule has 0 fully saturated rings. The van der Waals surface area contributed by atoms with Crippen LogP contribution < -0.4 is 5.56 Å². The minimum atomic E-state index is -0.716. The van der Waals surface area contributed by atoms with Crippen molar-refractivity contribution in [2.45, 2.75) is 6.04 Å². The summed E-state index contributed by atoms with van der Waals surface area (Å²) < 4.78 is 1.51. The van der Waals surface area contributed by atoms with E-state index in [2.05, 4.69) is 4.98 Å². The normalized spacial score (nSPS) is 12.1. The Kier molecular flexibility index (Phi) is 3.93. The third kappa shape index (κ3) is 2.73. The molecule has 0 saturated carbocycles. The van der Waals surface area contributed by atoms with Crippen LogP contribution in [0.2, 0.25) is 0 Å². The summed E-state index contributed by atoms with van der Waals surface area (Å²) in [6.07, 6.45) is 1.27. The summed E-state index contributed by atoms with van der Waals surface area (Å²) >= 11 is 0. The van der Waals surface area contributed by atoms with E-state index in [1.54, 1.807) is 14.1 Å². The van der Waals surface area contributed by atoms with Crippen molar-refractivity contribution < 1.29 is 4.79 Å². The third-order valence-electron chi connectivity index (χ3n) is 3.74. The first-order valence-corrected chi connectivity index (χ1v) is 7.32. The SMILES string of the molecule is CN(C)C(=O)C(c1ccccc1)n1c(=O)cnc2ccccc21. The Morgan fingerprint density at radius 3 is 2.39 bits per heavy atom. The molecule has 5 heteroatoms. The van der Waals surface area contributed by atoms with E-state index in [0.29, 0.717) is 11.0 Å². The molecule has 0 aliphatic rings. The maximum absolute atomic E-state index is 12.8. The molecule has 0 spiro atoms. The van der Waals surface area contributed by atoms with Crippen molar-refractivity contribution in [3.05, 3.63) is 76.7 Å². The molecule has 5 nitrogen and oxygen atoms in total. The van der Waals surface area contributed by atoms with Crippen LogP contribution >= 0.6 is 0 Å². The van der Waals surface area contributed by atoms with E-state index in [0.717, 1.165) is 5.56 Å². The molecule has 1 unspecified atom stereocenters. The van der Waals surface area contributed by atoms with Crippen molar-refractivity contribution in [1.82, 2.24) is 14.5 Å². The summed E-state index contributed by atoms with van der Waals surface area (Å²) in [4.78, 5) is 31.0. The summed E-state index contributed by atoms with van der Waals surface area (Å²) in [5.41, 5.74) is 1.79. The molecule has 0 bridgehead atoms.